The molecule has 2 aliphatic carbocycles. The number of methoxy groups -OCH3 is 2. The van der Waals surface area contributed by atoms with Crippen molar-refractivity contribution in [3.05, 3.63) is 0 Å². The molecule has 4 atom stereocenters. The summed E-state index contributed by atoms with van der Waals surface area (Å²) in [7, 11) is 2.41. The van der Waals surface area contributed by atoms with Crippen molar-refractivity contribution in [1.82, 2.24) is 0 Å². The van der Waals surface area contributed by atoms with E-state index in [0.717, 1.165) is 0 Å². The van der Waals surface area contributed by atoms with Crippen molar-refractivity contribution in [3.63, 3.8) is 0 Å². The quantitative estimate of drug-likeness (QED) is 0.498. The number of esters is 2. The minimum absolute atomic E-state index is 0.0654. The van der Waals surface area contributed by atoms with Crippen molar-refractivity contribution < 1.29 is 28.7 Å². The average Bonchev–Trinajstić information content (AvgIpc) is 2.80. The van der Waals surface area contributed by atoms with Crippen molar-refractivity contribution in [1.29, 1.82) is 0 Å². The molecule has 2 saturated carbocycles. The molecule has 98 valence electrons. The van der Waals surface area contributed by atoms with Crippen molar-refractivity contribution in [2.45, 2.75) is 12.8 Å². The van der Waals surface area contributed by atoms with E-state index < -0.39 is 35.6 Å². The van der Waals surface area contributed by atoms with Crippen molar-refractivity contribution in [3.8, 4) is 0 Å². The van der Waals surface area contributed by atoms with Gasteiger partial charge in [0.25, 0.3) is 0 Å². The van der Waals surface area contributed by atoms with E-state index in [-0.39, 0.29) is 24.4 Å². The van der Waals surface area contributed by atoms with E-state index in [2.05, 4.69) is 9.47 Å². The summed E-state index contributed by atoms with van der Waals surface area (Å²) >= 11 is 0. The highest BCUT2D eigenvalue weighted by molar-refractivity contribution is 6.07. The molecule has 0 N–H and O–H groups in total. The fourth-order valence-electron chi connectivity index (χ4n) is 3.10. The van der Waals surface area contributed by atoms with Gasteiger partial charge in [-0.2, -0.15) is 0 Å². The molecule has 0 saturated heterocycles. The molecule has 2 rings (SSSR count). The van der Waals surface area contributed by atoms with E-state index in [4.69, 9.17) is 0 Å². The third-order valence-corrected chi connectivity index (χ3v) is 3.88. The van der Waals surface area contributed by atoms with E-state index in [1.54, 1.807) is 0 Å². The lowest BCUT2D eigenvalue weighted by Crippen LogP contribution is -2.26. The predicted octanol–water partition coefficient (Wildman–Crippen LogP) is -0.257. The summed E-state index contributed by atoms with van der Waals surface area (Å²) in [5, 5.41) is 0. The number of rotatable bonds is 2. The van der Waals surface area contributed by atoms with Gasteiger partial charge in [0.1, 0.15) is 23.4 Å². The second-order valence-electron chi connectivity index (χ2n) is 4.67. The van der Waals surface area contributed by atoms with Crippen LogP contribution in [0.4, 0.5) is 0 Å². The molecule has 18 heavy (non-hydrogen) atoms. The Kier molecular flexibility index (Phi) is 3.19. The number of hydrogen-bond acceptors (Lipinski definition) is 6. The molecular weight excluding hydrogens is 240 g/mol. The van der Waals surface area contributed by atoms with Crippen LogP contribution in [0.1, 0.15) is 12.8 Å². The van der Waals surface area contributed by atoms with Crippen molar-refractivity contribution in [2.24, 2.45) is 23.7 Å². The van der Waals surface area contributed by atoms with Gasteiger partial charge in [-0.1, -0.05) is 0 Å². The first-order valence-electron chi connectivity index (χ1n) is 5.72. The Morgan fingerprint density at radius 2 is 1.22 bits per heavy atom. The van der Waals surface area contributed by atoms with Gasteiger partial charge in [-0.15, -0.1) is 0 Å². The van der Waals surface area contributed by atoms with Gasteiger partial charge in [-0.25, -0.2) is 0 Å². The second kappa shape index (κ2) is 4.51. The lowest BCUT2D eigenvalue weighted by molar-refractivity contribution is -0.151. The predicted molar refractivity (Wildman–Crippen MR) is 57.2 cm³/mol. The number of Topliss-reactive ketones (excluding diaryl/α,β-unsaturated/α-hetero) is 2. The third kappa shape index (κ3) is 1.72. The molecule has 6 heteroatoms. The minimum atomic E-state index is -0.904. The largest absolute Gasteiger partial charge is 0.468 e. The molecule has 0 aromatic rings. The van der Waals surface area contributed by atoms with Gasteiger partial charge >= 0.3 is 11.9 Å². The van der Waals surface area contributed by atoms with E-state index in [0.29, 0.717) is 0 Å². The molecule has 0 bridgehead atoms. The number of carbonyl (C=O) groups excluding carboxylic acids is 4. The third-order valence-electron chi connectivity index (χ3n) is 3.88. The zero-order valence-corrected chi connectivity index (χ0v) is 10.2. The average molecular weight is 254 g/mol. The van der Waals surface area contributed by atoms with Gasteiger partial charge in [0.05, 0.1) is 14.2 Å². The monoisotopic (exact) mass is 254 g/mol. The number of carbonyl (C=O) groups is 4. The van der Waals surface area contributed by atoms with Crippen LogP contribution in [0, 0.1) is 23.7 Å². The normalized spacial score (nSPS) is 34.3. The molecule has 0 heterocycles. The van der Waals surface area contributed by atoms with Crippen LogP contribution in [-0.4, -0.2) is 37.7 Å². The van der Waals surface area contributed by atoms with E-state index in [1.807, 2.05) is 0 Å². The van der Waals surface area contributed by atoms with Crippen LogP contribution in [0.2, 0.25) is 0 Å². The Labute approximate surface area is 104 Å². The zero-order chi connectivity index (χ0) is 13.4. The maximum Gasteiger partial charge on any atom is 0.316 e. The number of fused-ring (bicyclic) bond motifs is 1. The lowest BCUT2D eigenvalue weighted by Gasteiger charge is -2.15. The minimum Gasteiger partial charge on any atom is -0.468 e. The van der Waals surface area contributed by atoms with Crippen LogP contribution in [-0.2, 0) is 28.7 Å². The van der Waals surface area contributed by atoms with Crippen LogP contribution in [0.5, 0.6) is 0 Å². The molecule has 0 spiro atoms. The molecule has 0 unspecified atom stereocenters. The SMILES string of the molecule is COC(=O)[C@H]1C(=O)C[C@H]2[C@@H](C(=O)OC)C(=O)C[C@H]12. The molecule has 0 aliphatic heterocycles. The summed E-state index contributed by atoms with van der Waals surface area (Å²) in [5.41, 5.74) is 0. The highest BCUT2D eigenvalue weighted by atomic mass is 16.5. The first kappa shape index (κ1) is 12.7. The van der Waals surface area contributed by atoms with Crippen LogP contribution in [0.25, 0.3) is 0 Å². The zero-order valence-electron chi connectivity index (χ0n) is 10.2. The lowest BCUT2D eigenvalue weighted by atomic mass is 9.89. The summed E-state index contributed by atoms with van der Waals surface area (Å²) in [6.45, 7) is 0. The first-order valence-corrected chi connectivity index (χ1v) is 5.72. The van der Waals surface area contributed by atoms with Gasteiger partial charge in [0, 0.05) is 12.8 Å². The molecule has 0 amide bonds. The fourth-order valence-corrected chi connectivity index (χ4v) is 3.10. The standard InChI is InChI=1S/C12H14O6/c1-17-11(15)9-5-3-8(14)10(12(16)18-2)6(5)4-7(9)13/h5-6,9-10H,3-4H2,1-2H3/t5-,6+,9-,10-/m1/s1. The van der Waals surface area contributed by atoms with Crippen molar-refractivity contribution >= 4 is 23.5 Å². The highest BCUT2D eigenvalue weighted by Gasteiger charge is 2.58. The summed E-state index contributed by atoms with van der Waals surface area (Å²) in [6, 6.07) is 0. The van der Waals surface area contributed by atoms with Crippen LogP contribution in [0.3, 0.4) is 0 Å². The summed E-state index contributed by atoms with van der Waals surface area (Å²) in [5.74, 6) is -4.38. The number of ketones is 2. The molecular formula is C12H14O6. The number of hydrogen-bond donors (Lipinski definition) is 0. The smallest absolute Gasteiger partial charge is 0.316 e. The molecule has 2 aliphatic rings. The van der Waals surface area contributed by atoms with E-state index in [9.17, 15) is 19.2 Å². The maximum atomic E-state index is 11.8. The topological polar surface area (TPSA) is 86.7 Å². The summed E-state index contributed by atoms with van der Waals surface area (Å²) < 4.78 is 9.17. The van der Waals surface area contributed by atoms with Gasteiger partial charge in [0.15, 0.2) is 0 Å². The van der Waals surface area contributed by atoms with Crippen molar-refractivity contribution in [2.75, 3.05) is 14.2 Å². The fraction of sp³-hybridized carbons (Fsp3) is 0.667. The maximum absolute atomic E-state index is 11.8. The van der Waals surface area contributed by atoms with Gasteiger partial charge in [0.2, 0.25) is 0 Å². The molecule has 0 aromatic carbocycles. The van der Waals surface area contributed by atoms with Crippen LogP contribution >= 0.6 is 0 Å². The van der Waals surface area contributed by atoms with E-state index >= 15 is 0 Å². The molecule has 2 fully saturated rings. The molecule has 6 nitrogen and oxygen atoms in total. The molecule has 0 aromatic heterocycles. The Bertz CT molecular complexity index is 386. The second-order valence-corrected chi connectivity index (χ2v) is 4.67. The Morgan fingerprint density at radius 3 is 1.50 bits per heavy atom. The van der Waals surface area contributed by atoms with Gasteiger partial charge in [-0.05, 0) is 11.8 Å². The molecule has 0 radical (unpaired) electrons. The number of ether oxygens (including phenoxy) is 2. The highest BCUT2D eigenvalue weighted by Crippen LogP contribution is 2.48. The summed E-state index contributed by atoms with van der Waals surface area (Å²) in [4.78, 5) is 46.7. The van der Waals surface area contributed by atoms with Crippen LogP contribution < -0.4 is 0 Å². The summed E-state index contributed by atoms with van der Waals surface area (Å²) in [6.07, 6.45) is 0.131. The van der Waals surface area contributed by atoms with Gasteiger partial charge in [-0.3, -0.25) is 19.2 Å². The first-order chi connectivity index (χ1) is 8.51. The van der Waals surface area contributed by atoms with E-state index in [1.165, 1.54) is 14.2 Å². The van der Waals surface area contributed by atoms with Gasteiger partial charge < -0.3 is 9.47 Å². The van der Waals surface area contributed by atoms with Crippen LogP contribution in [0.15, 0.2) is 0 Å². The Morgan fingerprint density at radius 1 is 0.889 bits per heavy atom. The Hall–Kier alpha value is -1.72. The Balaban J connectivity index is 2.27.